The average Bonchev–Trinajstić information content (AvgIpc) is 3.04. The minimum Gasteiger partial charge on any atom is -0.481 e. The predicted octanol–water partition coefficient (Wildman–Crippen LogP) is 1.51. The molecule has 1 atom stereocenters. The summed E-state index contributed by atoms with van der Waals surface area (Å²) in [5.74, 6) is -0.833. The third-order valence-electron chi connectivity index (χ3n) is 5.10. The number of hydrogen-bond donors (Lipinski definition) is 2. The number of hydrogen-bond acceptors (Lipinski definition) is 3. The number of urea groups is 1. The zero-order valence-electron chi connectivity index (χ0n) is 13.1. The smallest absolute Gasteiger partial charge is 0.317 e. The number of carbonyl (C=O) groups is 2. The van der Waals surface area contributed by atoms with Crippen LogP contribution in [-0.4, -0.2) is 65.7 Å². The molecule has 0 aromatic heterocycles. The van der Waals surface area contributed by atoms with Gasteiger partial charge in [-0.3, -0.25) is 4.79 Å². The first-order valence-corrected chi connectivity index (χ1v) is 7.88. The molecule has 0 aromatic rings. The molecule has 1 heterocycles. The van der Waals surface area contributed by atoms with Gasteiger partial charge in [-0.15, -0.1) is 0 Å². The lowest BCUT2D eigenvalue weighted by molar-refractivity contribution is -0.137. The van der Waals surface area contributed by atoms with Gasteiger partial charge in [-0.05, 0) is 39.8 Å². The van der Waals surface area contributed by atoms with E-state index in [1.807, 2.05) is 0 Å². The summed E-state index contributed by atoms with van der Waals surface area (Å²) in [4.78, 5) is 27.1. The van der Waals surface area contributed by atoms with Crippen molar-refractivity contribution < 1.29 is 14.7 Å². The van der Waals surface area contributed by atoms with Crippen molar-refractivity contribution in [2.45, 2.75) is 56.5 Å². The standard InChI is InChI=1S/C15H27N3O3/c1-17(2)15(7-3-4-8-15)11-16-14(21)18-9-5-6-12(18)10-13(19)20/h12H,3-11H2,1-2H3,(H,16,21)(H,19,20). The Balaban J connectivity index is 1.90. The fraction of sp³-hybridized carbons (Fsp3) is 0.867. The Hall–Kier alpha value is -1.30. The van der Waals surface area contributed by atoms with Gasteiger partial charge in [-0.25, -0.2) is 4.79 Å². The second kappa shape index (κ2) is 6.64. The van der Waals surface area contributed by atoms with E-state index in [2.05, 4.69) is 24.3 Å². The summed E-state index contributed by atoms with van der Waals surface area (Å²) in [5, 5.41) is 12.0. The second-order valence-corrected chi connectivity index (χ2v) is 6.57. The first-order chi connectivity index (χ1) is 9.94. The Labute approximate surface area is 126 Å². The summed E-state index contributed by atoms with van der Waals surface area (Å²) in [6, 6.07) is -0.256. The third kappa shape index (κ3) is 3.67. The molecule has 0 bridgehead atoms. The normalized spacial score (nSPS) is 24.5. The van der Waals surface area contributed by atoms with Crippen LogP contribution in [0, 0.1) is 0 Å². The Morgan fingerprint density at radius 2 is 1.95 bits per heavy atom. The lowest BCUT2D eigenvalue weighted by atomic mass is 9.96. The number of carboxylic acid groups (broad SMARTS) is 1. The Bertz CT molecular complexity index is 392. The van der Waals surface area contributed by atoms with E-state index in [1.165, 1.54) is 12.8 Å². The molecule has 2 rings (SSSR count). The molecular weight excluding hydrogens is 270 g/mol. The van der Waals surface area contributed by atoms with Crippen LogP contribution >= 0.6 is 0 Å². The summed E-state index contributed by atoms with van der Waals surface area (Å²) in [6.07, 6.45) is 6.37. The number of carbonyl (C=O) groups excluding carboxylic acids is 1. The summed E-state index contributed by atoms with van der Waals surface area (Å²) < 4.78 is 0. The molecule has 1 saturated carbocycles. The minimum absolute atomic E-state index is 0.0479. The highest BCUT2D eigenvalue weighted by molar-refractivity contribution is 5.76. The van der Waals surface area contributed by atoms with E-state index in [0.29, 0.717) is 13.1 Å². The number of aliphatic carboxylic acids is 1. The largest absolute Gasteiger partial charge is 0.481 e. The monoisotopic (exact) mass is 297 g/mol. The van der Waals surface area contributed by atoms with E-state index in [0.717, 1.165) is 25.7 Å². The molecule has 2 amide bonds. The van der Waals surface area contributed by atoms with Crippen molar-refractivity contribution in [1.29, 1.82) is 0 Å². The van der Waals surface area contributed by atoms with Crippen LogP contribution in [0.5, 0.6) is 0 Å². The van der Waals surface area contributed by atoms with Crippen molar-refractivity contribution >= 4 is 12.0 Å². The van der Waals surface area contributed by atoms with Crippen molar-refractivity contribution in [3.8, 4) is 0 Å². The highest BCUT2D eigenvalue weighted by Gasteiger charge is 2.37. The molecule has 2 N–H and O–H groups in total. The van der Waals surface area contributed by atoms with Gasteiger partial charge in [0.05, 0.1) is 6.42 Å². The average molecular weight is 297 g/mol. The van der Waals surface area contributed by atoms with Crippen LogP contribution in [0.25, 0.3) is 0 Å². The molecule has 21 heavy (non-hydrogen) atoms. The SMILES string of the molecule is CN(C)C1(CNC(=O)N2CCCC2CC(=O)O)CCCC1. The van der Waals surface area contributed by atoms with E-state index >= 15 is 0 Å². The van der Waals surface area contributed by atoms with Crippen LogP contribution in [0.15, 0.2) is 0 Å². The maximum absolute atomic E-state index is 12.4. The topological polar surface area (TPSA) is 72.9 Å². The summed E-state index contributed by atoms with van der Waals surface area (Å²) in [6.45, 7) is 1.31. The van der Waals surface area contributed by atoms with Gasteiger partial charge in [0.1, 0.15) is 0 Å². The molecule has 1 saturated heterocycles. The third-order valence-corrected chi connectivity index (χ3v) is 5.10. The number of carboxylic acids is 1. The van der Waals surface area contributed by atoms with Gasteiger partial charge in [0.15, 0.2) is 0 Å². The lowest BCUT2D eigenvalue weighted by Gasteiger charge is -2.37. The zero-order valence-corrected chi connectivity index (χ0v) is 13.1. The second-order valence-electron chi connectivity index (χ2n) is 6.57. The number of nitrogens with zero attached hydrogens (tertiary/aromatic N) is 2. The van der Waals surface area contributed by atoms with E-state index < -0.39 is 5.97 Å². The molecule has 120 valence electrons. The Morgan fingerprint density at radius 3 is 2.52 bits per heavy atom. The highest BCUT2D eigenvalue weighted by Crippen LogP contribution is 2.33. The molecular formula is C15H27N3O3. The molecule has 0 aromatic carbocycles. The van der Waals surface area contributed by atoms with Crippen LogP contribution in [0.1, 0.15) is 44.9 Å². The van der Waals surface area contributed by atoms with Crippen LogP contribution in [0.4, 0.5) is 4.79 Å². The van der Waals surface area contributed by atoms with Gasteiger partial charge in [0, 0.05) is 24.7 Å². The molecule has 0 radical (unpaired) electrons. The van der Waals surface area contributed by atoms with Crippen molar-refractivity contribution in [3.05, 3.63) is 0 Å². The Morgan fingerprint density at radius 1 is 1.29 bits per heavy atom. The number of nitrogens with one attached hydrogen (secondary N) is 1. The maximum Gasteiger partial charge on any atom is 0.317 e. The first-order valence-electron chi connectivity index (χ1n) is 7.88. The van der Waals surface area contributed by atoms with Crippen molar-refractivity contribution in [1.82, 2.24) is 15.1 Å². The van der Waals surface area contributed by atoms with Crippen LogP contribution < -0.4 is 5.32 Å². The molecule has 1 unspecified atom stereocenters. The molecule has 2 aliphatic rings. The summed E-state index contributed by atoms with van der Waals surface area (Å²) >= 11 is 0. The van der Waals surface area contributed by atoms with E-state index in [4.69, 9.17) is 5.11 Å². The number of likely N-dealkylation sites (N-methyl/N-ethyl adjacent to an activating group) is 1. The quantitative estimate of drug-likeness (QED) is 0.807. The van der Waals surface area contributed by atoms with Crippen molar-refractivity contribution in [3.63, 3.8) is 0 Å². The van der Waals surface area contributed by atoms with Gasteiger partial charge < -0.3 is 20.2 Å². The van der Waals surface area contributed by atoms with Crippen LogP contribution in [-0.2, 0) is 4.79 Å². The van der Waals surface area contributed by atoms with Gasteiger partial charge in [-0.2, -0.15) is 0 Å². The molecule has 1 aliphatic carbocycles. The summed E-state index contributed by atoms with van der Waals surface area (Å²) in [7, 11) is 4.14. The fourth-order valence-electron chi connectivity index (χ4n) is 3.67. The van der Waals surface area contributed by atoms with Gasteiger partial charge in [-0.1, -0.05) is 12.8 Å². The lowest BCUT2D eigenvalue weighted by Crippen LogP contribution is -2.53. The zero-order chi connectivity index (χ0) is 15.5. The van der Waals surface area contributed by atoms with E-state index in [1.54, 1.807) is 4.90 Å². The predicted molar refractivity (Wildman–Crippen MR) is 80.3 cm³/mol. The van der Waals surface area contributed by atoms with E-state index in [9.17, 15) is 9.59 Å². The van der Waals surface area contributed by atoms with Gasteiger partial charge in [0.2, 0.25) is 0 Å². The number of likely N-dealkylation sites (tertiary alicyclic amines) is 1. The van der Waals surface area contributed by atoms with E-state index in [-0.39, 0.29) is 24.0 Å². The van der Waals surface area contributed by atoms with Crippen molar-refractivity contribution in [2.75, 3.05) is 27.2 Å². The van der Waals surface area contributed by atoms with Crippen LogP contribution in [0.2, 0.25) is 0 Å². The summed E-state index contributed by atoms with van der Waals surface area (Å²) in [5.41, 5.74) is 0.0671. The molecule has 2 fully saturated rings. The highest BCUT2D eigenvalue weighted by atomic mass is 16.4. The molecule has 0 spiro atoms. The maximum atomic E-state index is 12.4. The molecule has 6 nitrogen and oxygen atoms in total. The number of amides is 2. The van der Waals surface area contributed by atoms with Crippen LogP contribution in [0.3, 0.4) is 0 Å². The molecule has 6 heteroatoms. The van der Waals surface area contributed by atoms with Gasteiger partial charge in [0.25, 0.3) is 0 Å². The fourth-order valence-corrected chi connectivity index (χ4v) is 3.67. The minimum atomic E-state index is -0.833. The molecule has 1 aliphatic heterocycles. The Kier molecular flexibility index (Phi) is 5.08. The van der Waals surface area contributed by atoms with Crippen molar-refractivity contribution in [2.24, 2.45) is 0 Å². The number of rotatable bonds is 5. The first kappa shape index (κ1) is 16.1. The van der Waals surface area contributed by atoms with Gasteiger partial charge >= 0.3 is 12.0 Å².